The Labute approximate surface area is 102 Å². The number of hydrogen-bond acceptors (Lipinski definition) is 3. The van der Waals surface area contributed by atoms with E-state index in [1.807, 2.05) is 34.6 Å². The van der Waals surface area contributed by atoms with Crippen molar-refractivity contribution in [2.75, 3.05) is 6.61 Å². The van der Waals surface area contributed by atoms with Gasteiger partial charge in [-0.25, -0.2) is 0 Å². The maximum Gasteiger partial charge on any atom is 0.0535 e. The summed E-state index contributed by atoms with van der Waals surface area (Å²) >= 11 is 0. The molecule has 0 fully saturated rings. The summed E-state index contributed by atoms with van der Waals surface area (Å²) in [6, 6.07) is 0. The van der Waals surface area contributed by atoms with E-state index < -0.39 is 0 Å². The average molecular weight is 236 g/mol. The second kappa shape index (κ2) is 14.9. The Morgan fingerprint density at radius 2 is 1.06 bits per heavy atom. The van der Waals surface area contributed by atoms with E-state index in [1.165, 1.54) is 0 Å². The molecule has 0 aromatic rings. The fraction of sp³-hybridized carbons (Fsp3) is 1.00. The fourth-order valence-corrected chi connectivity index (χ4v) is 0. The average Bonchev–Trinajstić information content (AvgIpc) is 2.19. The highest BCUT2D eigenvalue weighted by Gasteiger charge is 1.97. The standard InChI is InChI=1S/C5H12O.2C4H10O/c1-4(2)5(3)6;1-4(2)3-5;1-3-4(2)5/h4-6H,1-3H3;2*4-5H,3H2,1-2H3. The zero-order valence-electron chi connectivity index (χ0n) is 12.1. The monoisotopic (exact) mass is 236 g/mol. The summed E-state index contributed by atoms with van der Waals surface area (Å²) in [7, 11) is 0. The van der Waals surface area contributed by atoms with Crippen LogP contribution in [0.5, 0.6) is 0 Å². The molecule has 0 spiro atoms. The molecular weight excluding hydrogens is 204 g/mol. The van der Waals surface area contributed by atoms with Crippen LogP contribution in [0.4, 0.5) is 0 Å². The fourth-order valence-electron chi connectivity index (χ4n) is 0. The van der Waals surface area contributed by atoms with E-state index >= 15 is 0 Å². The topological polar surface area (TPSA) is 60.7 Å². The molecule has 0 saturated carbocycles. The van der Waals surface area contributed by atoms with E-state index in [-0.39, 0.29) is 12.2 Å². The van der Waals surface area contributed by atoms with Crippen molar-refractivity contribution >= 4 is 0 Å². The molecule has 0 heterocycles. The Hall–Kier alpha value is -0.120. The second-order valence-corrected chi connectivity index (χ2v) is 4.82. The third-order valence-corrected chi connectivity index (χ3v) is 1.92. The smallest absolute Gasteiger partial charge is 0.0535 e. The minimum Gasteiger partial charge on any atom is -0.396 e. The van der Waals surface area contributed by atoms with Crippen LogP contribution in [-0.2, 0) is 0 Å². The molecule has 2 atom stereocenters. The van der Waals surface area contributed by atoms with Crippen molar-refractivity contribution in [2.45, 2.75) is 67.1 Å². The molecule has 0 aliphatic heterocycles. The van der Waals surface area contributed by atoms with Gasteiger partial charge in [-0.2, -0.15) is 0 Å². The van der Waals surface area contributed by atoms with E-state index in [2.05, 4.69) is 0 Å². The minimum atomic E-state index is -0.148. The lowest BCUT2D eigenvalue weighted by Gasteiger charge is -2.04. The first-order chi connectivity index (χ1) is 7.18. The van der Waals surface area contributed by atoms with Gasteiger partial charge in [0.1, 0.15) is 0 Å². The van der Waals surface area contributed by atoms with Crippen LogP contribution in [0.2, 0.25) is 0 Å². The molecule has 3 heteroatoms. The molecule has 3 nitrogen and oxygen atoms in total. The van der Waals surface area contributed by atoms with Crippen molar-refractivity contribution in [3.63, 3.8) is 0 Å². The lowest BCUT2D eigenvalue weighted by molar-refractivity contribution is 0.144. The lowest BCUT2D eigenvalue weighted by atomic mass is 10.1. The van der Waals surface area contributed by atoms with Gasteiger partial charge in [0.25, 0.3) is 0 Å². The molecule has 0 aromatic heterocycles. The third-order valence-electron chi connectivity index (χ3n) is 1.92. The van der Waals surface area contributed by atoms with Crippen LogP contribution in [0.3, 0.4) is 0 Å². The predicted octanol–water partition coefficient (Wildman–Crippen LogP) is 2.44. The summed E-state index contributed by atoms with van der Waals surface area (Å²) in [5, 5.41) is 25.1. The highest BCUT2D eigenvalue weighted by molar-refractivity contribution is 4.48. The van der Waals surface area contributed by atoms with Gasteiger partial charge < -0.3 is 15.3 Å². The van der Waals surface area contributed by atoms with E-state index in [0.717, 1.165) is 6.42 Å². The summed E-state index contributed by atoms with van der Waals surface area (Å²) in [5.74, 6) is 0.847. The minimum absolute atomic E-state index is 0.116. The van der Waals surface area contributed by atoms with Gasteiger partial charge in [0.05, 0.1) is 12.2 Å². The van der Waals surface area contributed by atoms with E-state index in [0.29, 0.717) is 18.4 Å². The number of aliphatic hydroxyl groups excluding tert-OH is 3. The van der Waals surface area contributed by atoms with Crippen molar-refractivity contribution in [3.8, 4) is 0 Å². The highest BCUT2D eigenvalue weighted by atomic mass is 16.3. The van der Waals surface area contributed by atoms with Crippen LogP contribution in [-0.4, -0.2) is 34.1 Å². The predicted molar refractivity (Wildman–Crippen MR) is 70.4 cm³/mol. The van der Waals surface area contributed by atoms with Crippen LogP contribution in [0.1, 0.15) is 54.9 Å². The van der Waals surface area contributed by atoms with Gasteiger partial charge >= 0.3 is 0 Å². The van der Waals surface area contributed by atoms with Crippen molar-refractivity contribution in [1.29, 1.82) is 0 Å². The van der Waals surface area contributed by atoms with Gasteiger partial charge in [-0.1, -0.05) is 34.6 Å². The Balaban J connectivity index is -0.000000160. The van der Waals surface area contributed by atoms with Crippen LogP contribution in [0.15, 0.2) is 0 Å². The van der Waals surface area contributed by atoms with Crippen molar-refractivity contribution in [2.24, 2.45) is 11.8 Å². The molecule has 0 radical (unpaired) electrons. The molecule has 102 valence electrons. The zero-order valence-corrected chi connectivity index (χ0v) is 12.1. The first kappa shape index (κ1) is 21.2. The van der Waals surface area contributed by atoms with Gasteiger partial charge in [0.15, 0.2) is 0 Å². The Kier molecular flexibility index (Phi) is 19.7. The number of aliphatic hydroxyl groups is 3. The largest absolute Gasteiger partial charge is 0.396 e. The number of rotatable bonds is 3. The first-order valence-electron chi connectivity index (χ1n) is 6.15. The molecule has 0 amide bonds. The summed E-state index contributed by atoms with van der Waals surface area (Å²) in [4.78, 5) is 0. The maximum absolute atomic E-state index is 8.63. The Bertz CT molecular complexity index is 95.7. The summed E-state index contributed by atoms with van der Waals surface area (Å²) in [6.07, 6.45) is 0.597. The van der Waals surface area contributed by atoms with Crippen LogP contribution in [0.25, 0.3) is 0 Å². The maximum atomic E-state index is 8.63. The molecule has 0 aromatic carbocycles. The van der Waals surface area contributed by atoms with Gasteiger partial charge in [-0.3, -0.25) is 0 Å². The molecule has 0 aliphatic carbocycles. The summed E-state index contributed by atoms with van der Waals surface area (Å²) in [6.45, 7) is 13.8. The number of hydrogen-bond donors (Lipinski definition) is 3. The third kappa shape index (κ3) is 37.1. The van der Waals surface area contributed by atoms with Crippen molar-refractivity contribution in [1.82, 2.24) is 0 Å². The molecule has 16 heavy (non-hydrogen) atoms. The molecule has 0 rings (SSSR count). The van der Waals surface area contributed by atoms with E-state index in [4.69, 9.17) is 15.3 Å². The van der Waals surface area contributed by atoms with Gasteiger partial charge in [0, 0.05) is 6.61 Å². The SMILES string of the molecule is CC(C)C(C)O.CC(C)CO.CCC(C)O. The van der Waals surface area contributed by atoms with Crippen LogP contribution in [0, 0.1) is 11.8 Å². The van der Waals surface area contributed by atoms with Crippen molar-refractivity contribution in [3.05, 3.63) is 0 Å². The van der Waals surface area contributed by atoms with Crippen molar-refractivity contribution < 1.29 is 15.3 Å². The quantitative estimate of drug-likeness (QED) is 0.705. The molecule has 0 aliphatic rings. The van der Waals surface area contributed by atoms with Gasteiger partial charge in [-0.15, -0.1) is 0 Å². The normalized spacial score (nSPS) is 13.5. The van der Waals surface area contributed by atoms with E-state index in [1.54, 1.807) is 13.8 Å². The van der Waals surface area contributed by atoms with E-state index in [9.17, 15) is 0 Å². The second-order valence-electron chi connectivity index (χ2n) is 4.82. The molecular formula is C13H32O3. The Morgan fingerprint density at radius 3 is 1.06 bits per heavy atom. The Morgan fingerprint density at radius 1 is 0.875 bits per heavy atom. The summed E-state index contributed by atoms with van der Waals surface area (Å²) < 4.78 is 0. The lowest BCUT2D eigenvalue weighted by Crippen LogP contribution is -2.07. The zero-order chi connectivity index (χ0) is 13.7. The van der Waals surface area contributed by atoms with Gasteiger partial charge in [0.2, 0.25) is 0 Å². The van der Waals surface area contributed by atoms with Gasteiger partial charge in [-0.05, 0) is 32.1 Å². The molecule has 0 bridgehead atoms. The van der Waals surface area contributed by atoms with Crippen LogP contribution < -0.4 is 0 Å². The van der Waals surface area contributed by atoms with Crippen LogP contribution >= 0.6 is 0 Å². The highest BCUT2D eigenvalue weighted by Crippen LogP contribution is 1.96. The molecule has 2 unspecified atom stereocenters. The summed E-state index contributed by atoms with van der Waals surface area (Å²) in [5.41, 5.74) is 0. The molecule has 3 N–H and O–H groups in total. The molecule has 0 saturated heterocycles. The first-order valence-corrected chi connectivity index (χ1v) is 6.15.